The van der Waals surface area contributed by atoms with Crippen molar-refractivity contribution < 1.29 is 0 Å². The second kappa shape index (κ2) is 7.92. The fourth-order valence-corrected chi connectivity index (χ4v) is 3.53. The maximum Gasteiger partial charge on any atom is 0.0236 e. The first-order valence-electron chi connectivity index (χ1n) is 8.64. The van der Waals surface area contributed by atoms with Crippen molar-refractivity contribution in [3.63, 3.8) is 0 Å². The summed E-state index contributed by atoms with van der Waals surface area (Å²) in [6.07, 6.45) is 5.37. The number of benzene rings is 1. The average Bonchev–Trinajstić information content (AvgIpc) is 2.56. The molecule has 2 saturated heterocycles. The lowest BCUT2D eigenvalue weighted by molar-refractivity contribution is 0.219. The van der Waals surface area contributed by atoms with Crippen molar-refractivity contribution in [2.24, 2.45) is 0 Å². The molecule has 2 aliphatic heterocycles. The molecule has 0 aromatic heterocycles. The van der Waals surface area contributed by atoms with Crippen LogP contribution < -0.4 is 5.32 Å². The Bertz CT molecular complexity index is 420. The molecule has 0 bridgehead atoms. The van der Waals surface area contributed by atoms with Gasteiger partial charge in [0.2, 0.25) is 0 Å². The maximum atomic E-state index is 3.43. The van der Waals surface area contributed by atoms with Crippen LogP contribution in [-0.2, 0) is 13.0 Å². The standard InChI is InChI=1S/C18H29N3/c1-4-11-21(12-5-1)16-18-7-3-2-6-17(18)8-13-20-14-9-19-10-15-20/h2-3,6-7,19H,1,4-5,8-16H2. The Morgan fingerprint density at radius 3 is 2.29 bits per heavy atom. The van der Waals surface area contributed by atoms with E-state index < -0.39 is 0 Å². The van der Waals surface area contributed by atoms with Crippen molar-refractivity contribution in [2.45, 2.75) is 32.2 Å². The monoisotopic (exact) mass is 287 g/mol. The van der Waals surface area contributed by atoms with E-state index >= 15 is 0 Å². The highest BCUT2D eigenvalue weighted by Crippen LogP contribution is 2.17. The number of piperazine rings is 1. The Morgan fingerprint density at radius 2 is 1.52 bits per heavy atom. The van der Waals surface area contributed by atoms with Crippen molar-refractivity contribution in [2.75, 3.05) is 45.8 Å². The van der Waals surface area contributed by atoms with Gasteiger partial charge in [-0.25, -0.2) is 0 Å². The molecule has 2 heterocycles. The van der Waals surface area contributed by atoms with Crippen molar-refractivity contribution >= 4 is 0 Å². The summed E-state index contributed by atoms with van der Waals surface area (Å²) in [5, 5.41) is 3.43. The summed E-state index contributed by atoms with van der Waals surface area (Å²) < 4.78 is 0. The number of nitrogens with one attached hydrogen (secondary N) is 1. The van der Waals surface area contributed by atoms with Gasteiger partial charge >= 0.3 is 0 Å². The molecule has 2 aliphatic rings. The predicted molar refractivity (Wildman–Crippen MR) is 88.6 cm³/mol. The van der Waals surface area contributed by atoms with Crippen molar-refractivity contribution in [1.29, 1.82) is 0 Å². The van der Waals surface area contributed by atoms with Gasteiger partial charge in [0.1, 0.15) is 0 Å². The summed E-state index contributed by atoms with van der Waals surface area (Å²) >= 11 is 0. The van der Waals surface area contributed by atoms with Crippen LogP contribution in [0.15, 0.2) is 24.3 Å². The van der Waals surface area contributed by atoms with Crippen LogP contribution in [0.3, 0.4) is 0 Å². The number of hydrogen-bond acceptors (Lipinski definition) is 3. The lowest BCUT2D eigenvalue weighted by atomic mass is 10.0. The summed E-state index contributed by atoms with van der Waals surface area (Å²) in [6.45, 7) is 9.63. The lowest BCUT2D eigenvalue weighted by Gasteiger charge is -2.29. The van der Waals surface area contributed by atoms with E-state index in [0.717, 1.165) is 19.6 Å². The summed E-state index contributed by atoms with van der Waals surface area (Å²) in [5.41, 5.74) is 3.11. The van der Waals surface area contributed by atoms with E-state index in [2.05, 4.69) is 39.4 Å². The molecule has 116 valence electrons. The van der Waals surface area contributed by atoms with Crippen LogP contribution in [0.2, 0.25) is 0 Å². The third kappa shape index (κ3) is 4.53. The predicted octanol–water partition coefficient (Wildman–Crippen LogP) is 2.12. The van der Waals surface area contributed by atoms with Crippen molar-refractivity contribution in [1.82, 2.24) is 15.1 Å². The van der Waals surface area contributed by atoms with Crippen LogP contribution in [0, 0.1) is 0 Å². The van der Waals surface area contributed by atoms with Gasteiger partial charge < -0.3 is 10.2 Å². The van der Waals surface area contributed by atoms with Crippen LogP contribution in [0.4, 0.5) is 0 Å². The third-order valence-electron chi connectivity index (χ3n) is 4.87. The largest absolute Gasteiger partial charge is 0.314 e. The molecule has 3 nitrogen and oxygen atoms in total. The topological polar surface area (TPSA) is 18.5 Å². The molecule has 3 rings (SSSR count). The van der Waals surface area contributed by atoms with Gasteiger partial charge in [-0.15, -0.1) is 0 Å². The minimum Gasteiger partial charge on any atom is -0.314 e. The molecule has 0 saturated carbocycles. The molecule has 2 fully saturated rings. The maximum absolute atomic E-state index is 3.43. The first-order chi connectivity index (χ1) is 10.4. The molecule has 0 unspecified atom stereocenters. The SMILES string of the molecule is c1ccc(CN2CCCCC2)c(CCN2CCNCC2)c1. The van der Waals surface area contributed by atoms with Gasteiger partial charge in [0.05, 0.1) is 0 Å². The fourth-order valence-electron chi connectivity index (χ4n) is 3.53. The van der Waals surface area contributed by atoms with E-state index in [1.54, 1.807) is 11.1 Å². The highest BCUT2D eigenvalue weighted by Gasteiger charge is 2.14. The lowest BCUT2D eigenvalue weighted by Crippen LogP contribution is -2.44. The van der Waals surface area contributed by atoms with Gasteiger partial charge in [0, 0.05) is 39.3 Å². The minimum absolute atomic E-state index is 1.15. The number of nitrogens with zero attached hydrogens (tertiary/aromatic N) is 2. The Labute approximate surface area is 129 Å². The van der Waals surface area contributed by atoms with E-state index in [9.17, 15) is 0 Å². The van der Waals surface area contributed by atoms with Crippen molar-refractivity contribution in [3.05, 3.63) is 35.4 Å². The first-order valence-corrected chi connectivity index (χ1v) is 8.64. The summed E-state index contributed by atoms with van der Waals surface area (Å²) in [5.74, 6) is 0. The quantitative estimate of drug-likeness (QED) is 0.895. The van der Waals surface area contributed by atoms with E-state index in [-0.39, 0.29) is 0 Å². The molecule has 0 aliphatic carbocycles. The molecule has 21 heavy (non-hydrogen) atoms. The Balaban J connectivity index is 1.56. The highest BCUT2D eigenvalue weighted by atomic mass is 15.2. The zero-order chi connectivity index (χ0) is 14.3. The average molecular weight is 287 g/mol. The molecular weight excluding hydrogens is 258 g/mol. The number of likely N-dealkylation sites (tertiary alicyclic amines) is 1. The summed E-state index contributed by atoms with van der Waals surface area (Å²) in [6, 6.07) is 9.07. The van der Waals surface area contributed by atoms with Gasteiger partial charge in [-0.2, -0.15) is 0 Å². The smallest absolute Gasteiger partial charge is 0.0236 e. The van der Waals surface area contributed by atoms with Crippen LogP contribution in [0.1, 0.15) is 30.4 Å². The zero-order valence-electron chi connectivity index (χ0n) is 13.2. The zero-order valence-corrected chi connectivity index (χ0v) is 13.2. The highest BCUT2D eigenvalue weighted by molar-refractivity contribution is 5.27. The molecule has 0 radical (unpaired) electrons. The Kier molecular flexibility index (Phi) is 5.67. The summed E-state index contributed by atoms with van der Waals surface area (Å²) in [4.78, 5) is 5.22. The van der Waals surface area contributed by atoms with Crippen LogP contribution in [0.5, 0.6) is 0 Å². The van der Waals surface area contributed by atoms with E-state index in [1.165, 1.54) is 58.4 Å². The van der Waals surface area contributed by atoms with Crippen LogP contribution >= 0.6 is 0 Å². The summed E-state index contributed by atoms with van der Waals surface area (Å²) in [7, 11) is 0. The molecule has 3 heteroatoms. The molecular formula is C18H29N3. The second-order valence-electron chi connectivity index (χ2n) is 6.45. The number of rotatable bonds is 5. The normalized spacial score (nSPS) is 21.5. The first kappa shape index (κ1) is 15.0. The molecule has 0 amide bonds. The third-order valence-corrected chi connectivity index (χ3v) is 4.87. The minimum atomic E-state index is 1.15. The van der Waals surface area contributed by atoms with Gasteiger partial charge in [-0.05, 0) is 43.5 Å². The van der Waals surface area contributed by atoms with E-state index in [1.807, 2.05) is 0 Å². The van der Waals surface area contributed by atoms with Crippen LogP contribution in [0.25, 0.3) is 0 Å². The Morgan fingerprint density at radius 1 is 0.810 bits per heavy atom. The number of hydrogen-bond donors (Lipinski definition) is 1. The van der Waals surface area contributed by atoms with E-state index in [0.29, 0.717) is 0 Å². The van der Waals surface area contributed by atoms with Gasteiger partial charge in [-0.1, -0.05) is 30.7 Å². The van der Waals surface area contributed by atoms with Gasteiger partial charge in [0.25, 0.3) is 0 Å². The number of piperidine rings is 1. The molecule has 1 N–H and O–H groups in total. The van der Waals surface area contributed by atoms with Crippen molar-refractivity contribution in [3.8, 4) is 0 Å². The molecule has 0 atom stereocenters. The van der Waals surface area contributed by atoms with Crippen LogP contribution in [-0.4, -0.2) is 55.6 Å². The molecule has 1 aromatic carbocycles. The Hall–Kier alpha value is -0.900. The molecule has 0 spiro atoms. The second-order valence-corrected chi connectivity index (χ2v) is 6.45. The molecule has 1 aromatic rings. The van der Waals surface area contributed by atoms with Gasteiger partial charge in [-0.3, -0.25) is 4.90 Å². The van der Waals surface area contributed by atoms with E-state index in [4.69, 9.17) is 0 Å². The fraction of sp³-hybridized carbons (Fsp3) is 0.667. The van der Waals surface area contributed by atoms with Gasteiger partial charge in [0.15, 0.2) is 0 Å².